The lowest BCUT2D eigenvalue weighted by molar-refractivity contribution is 0.830. The van der Waals surface area contributed by atoms with E-state index < -0.39 is 0 Å². The second-order valence-electron chi connectivity index (χ2n) is 2.69. The van der Waals surface area contributed by atoms with Crippen molar-refractivity contribution < 1.29 is 0 Å². The summed E-state index contributed by atoms with van der Waals surface area (Å²) < 4.78 is 0. The summed E-state index contributed by atoms with van der Waals surface area (Å²) in [5.41, 5.74) is 2.79. The van der Waals surface area contributed by atoms with E-state index in [1.807, 2.05) is 0 Å². The number of halogens is 1. The number of fused-ring (bicyclic) bond motifs is 1. The minimum atomic E-state index is 0. The normalized spacial score (nSPS) is 14.2. The van der Waals surface area contributed by atoms with Crippen molar-refractivity contribution in [3.05, 3.63) is 29.8 Å². The van der Waals surface area contributed by atoms with Crippen molar-refractivity contribution in [3.8, 4) is 0 Å². The molecule has 0 saturated carbocycles. The van der Waals surface area contributed by atoms with E-state index in [0.29, 0.717) is 0 Å². The molecule has 1 aromatic carbocycles. The Bertz CT molecular complexity index is 210. The van der Waals surface area contributed by atoms with Crippen LogP contribution in [0.3, 0.4) is 0 Å². The molecule has 0 amide bonds. The van der Waals surface area contributed by atoms with Gasteiger partial charge in [-0.25, -0.2) is 0 Å². The fourth-order valence-corrected chi connectivity index (χ4v) is 1.41. The Hall–Kier alpha value is -0.500. The summed E-state index contributed by atoms with van der Waals surface area (Å²) in [6.45, 7) is 1.14. The molecule has 11 heavy (non-hydrogen) atoms. The molecule has 2 rings (SSSR count). The van der Waals surface area contributed by atoms with Gasteiger partial charge in [-0.05, 0) is 24.5 Å². The van der Waals surface area contributed by atoms with Gasteiger partial charge in [-0.3, -0.25) is 0 Å². The average Bonchev–Trinajstić information content (AvgIpc) is 2.05. The Morgan fingerprint density at radius 3 is 2.82 bits per heavy atom. The quantitative estimate of drug-likeness (QED) is 0.699. The molecular weight excluding hydrogens is 202 g/mol. The number of benzene rings is 1. The lowest BCUT2D eigenvalue weighted by atomic mass is 10.0. The molecule has 0 spiro atoms. The molecule has 0 radical (unpaired) electrons. The number of hydrogen-bond donors (Lipinski definition) is 1. The number of anilines is 1. The Kier molecular flexibility index (Phi) is 2.94. The number of para-hydroxylation sites is 1. The Labute approximate surface area is 77.6 Å². The van der Waals surface area contributed by atoms with Gasteiger partial charge in [0.05, 0.1) is 0 Å². The van der Waals surface area contributed by atoms with Crippen LogP contribution in [0.5, 0.6) is 0 Å². The van der Waals surface area contributed by atoms with E-state index in [1.165, 1.54) is 24.1 Å². The first kappa shape index (κ1) is 8.60. The zero-order valence-corrected chi connectivity index (χ0v) is 8.05. The van der Waals surface area contributed by atoms with E-state index >= 15 is 0 Å². The predicted octanol–water partition coefficient (Wildman–Crippen LogP) is 2.62. The second-order valence-corrected chi connectivity index (χ2v) is 2.69. The van der Waals surface area contributed by atoms with Gasteiger partial charge in [-0.1, -0.05) is 18.2 Å². The molecule has 1 aliphatic rings. The minimum Gasteiger partial charge on any atom is -0.385 e. The zero-order chi connectivity index (χ0) is 6.81. The fourth-order valence-electron chi connectivity index (χ4n) is 1.41. The summed E-state index contributed by atoms with van der Waals surface area (Å²) in [6.07, 6.45) is 2.51. The molecular formula is C9H12BrN. The van der Waals surface area contributed by atoms with Crippen molar-refractivity contribution in [1.29, 1.82) is 0 Å². The molecule has 1 heterocycles. The van der Waals surface area contributed by atoms with Crippen LogP contribution in [0.4, 0.5) is 5.69 Å². The van der Waals surface area contributed by atoms with Crippen molar-refractivity contribution in [1.82, 2.24) is 0 Å². The number of hydrogen-bond acceptors (Lipinski definition) is 1. The van der Waals surface area contributed by atoms with Gasteiger partial charge >= 0.3 is 0 Å². The molecule has 0 saturated heterocycles. The van der Waals surface area contributed by atoms with Gasteiger partial charge < -0.3 is 5.32 Å². The van der Waals surface area contributed by atoms with Gasteiger partial charge in [0.2, 0.25) is 0 Å². The van der Waals surface area contributed by atoms with Crippen molar-refractivity contribution >= 4 is 22.7 Å². The third-order valence-electron chi connectivity index (χ3n) is 1.96. The monoisotopic (exact) mass is 213 g/mol. The maximum atomic E-state index is 3.36. The molecule has 0 aromatic heterocycles. The Morgan fingerprint density at radius 2 is 2.00 bits per heavy atom. The average molecular weight is 214 g/mol. The van der Waals surface area contributed by atoms with Gasteiger partial charge in [0.1, 0.15) is 0 Å². The van der Waals surface area contributed by atoms with E-state index in [9.17, 15) is 0 Å². The first-order valence-electron chi connectivity index (χ1n) is 3.78. The smallest absolute Gasteiger partial charge is 0.0372 e. The van der Waals surface area contributed by atoms with Crippen LogP contribution >= 0.6 is 17.0 Å². The number of aryl methyl sites for hydroxylation is 1. The zero-order valence-electron chi connectivity index (χ0n) is 6.34. The number of rotatable bonds is 0. The highest BCUT2D eigenvalue weighted by Gasteiger charge is 2.04. The van der Waals surface area contributed by atoms with Gasteiger partial charge in [-0.15, -0.1) is 17.0 Å². The molecule has 0 atom stereocenters. The third-order valence-corrected chi connectivity index (χ3v) is 1.96. The largest absolute Gasteiger partial charge is 0.385 e. The lowest BCUT2D eigenvalue weighted by Crippen LogP contribution is -2.10. The SMILES string of the molecule is Br.c1ccc2c(c1)CCCN2. The maximum absolute atomic E-state index is 3.36. The molecule has 0 bridgehead atoms. The van der Waals surface area contributed by atoms with Crippen molar-refractivity contribution in [2.45, 2.75) is 12.8 Å². The molecule has 0 aliphatic carbocycles. The Balaban J connectivity index is 0.000000605. The number of nitrogens with one attached hydrogen (secondary N) is 1. The van der Waals surface area contributed by atoms with E-state index in [-0.39, 0.29) is 17.0 Å². The van der Waals surface area contributed by atoms with Crippen LogP contribution in [0.2, 0.25) is 0 Å². The third kappa shape index (κ3) is 1.74. The second kappa shape index (κ2) is 3.77. The van der Waals surface area contributed by atoms with Crippen LogP contribution in [0.1, 0.15) is 12.0 Å². The summed E-state index contributed by atoms with van der Waals surface area (Å²) in [6, 6.07) is 8.53. The molecule has 60 valence electrons. The predicted molar refractivity (Wildman–Crippen MR) is 53.6 cm³/mol. The summed E-state index contributed by atoms with van der Waals surface area (Å²) in [7, 11) is 0. The van der Waals surface area contributed by atoms with Crippen molar-refractivity contribution in [2.24, 2.45) is 0 Å². The maximum Gasteiger partial charge on any atom is 0.0372 e. The van der Waals surface area contributed by atoms with E-state index in [0.717, 1.165) is 6.54 Å². The summed E-state index contributed by atoms with van der Waals surface area (Å²) >= 11 is 0. The van der Waals surface area contributed by atoms with Crippen LogP contribution in [0, 0.1) is 0 Å². The standard InChI is InChI=1S/C9H11N.BrH/c1-2-6-9-8(4-1)5-3-7-10-9;/h1-2,4,6,10H,3,5,7H2;1H. The summed E-state index contributed by atoms with van der Waals surface area (Å²) in [4.78, 5) is 0. The first-order chi connectivity index (χ1) is 4.97. The summed E-state index contributed by atoms with van der Waals surface area (Å²) in [5.74, 6) is 0. The molecule has 0 fully saturated rings. The van der Waals surface area contributed by atoms with Gasteiger partial charge in [0.15, 0.2) is 0 Å². The van der Waals surface area contributed by atoms with Crippen LogP contribution < -0.4 is 5.32 Å². The summed E-state index contributed by atoms with van der Waals surface area (Å²) in [5, 5.41) is 3.36. The highest BCUT2D eigenvalue weighted by atomic mass is 79.9. The first-order valence-corrected chi connectivity index (χ1v) is 3.78. The molecule has 1 N–H and O–H groups in total. The van der Waals surface area contributed by atoms with Gasteiger partial charge in [0.25, 0.3) is 0 Å². The molecule has 1 aliphatic heterocycles. The molecule has 1 aromatic rings. The fraction of sp³-hybridized carbons (Fsp3) is 0.333. The van der Waals surface area contributed by atoms with Gasteiger partial charge in [0, 0.05) is 12.2 Å². The topological polar surface area (TPSA) is 12.0 Å². The lowest BCUT2D eigenvalue weighted by Gasteiger charge is -2.16. The molecule has 2 heteroatoms. The van der Waals surface area contributed by atoms with Crippen LogP contribution in [-0.2, 0) is 6.42 Å². The highest BCUT2D eigenvalue weighted by Crippen LogP contribution is 2.19. The van der Waals surface area contributed by atoms with Crippen molar-refractivity contribution in [3.63, 3.8) is 0 Å². The van der Waals surface area contributed by atoms with Crippen LogP contribution in [0.25, 0.3) is 0 Å². The van der Waals surface area contributed by atoms with E-state index in [1.54, 1.807) is 0 Å². The molecule has 1 nitrogen and oxygen atoms in total. The van der Waals surface area contributed by atoms with Crippen molar-refractivity contribution in [2.75, 3.05) is 11.9 Å². The minimum absolute atomic E-state index is 0. The van der Waals surface area contributed by atoms with Crippen LogP contribution in [-0.4, -0.2) is 6.54 Å². The molecule has 0 unspecified atom stereocenters. The van der Waals surface area contributed by atoms with E-state index in [2.05, 4.69) is 29.6 Å². The van der Waals surface area contributed by atoms with Crippen LogP contribution in [0.15, 0.2) is 24.3 Å². The Morgan fingerprint density at radius 1 is 1.18 bits per heavy atom. The van der Waals surface area contributed by atoms with Gasteiger partial charge in [-0.2, -0.15) is 0 Å². The van der Waals surface area contributed by atoms with E-state index in [4.69, 9.17) is 0 Å². The highest BCUT2D eigenvalue weighted by molar-refractivity contribution is 8.93.